The Kier molecular flexibility index (Phi) is 6.81. The molecule has 0 aromatic heterocycles. The Morgan fingerprint density at radius 2 is 1.72 bits per heavy atom. The van der Waals surface area contributed by atoms with E-state index in [1.54, 1.807) is 0 Å². The Balaban J connectivity index is 2.19. The molecule has 0 aliphatic rings. The molecule has 1 aromatic carbocycles. The lowest BCUT2D eigenvalue weighted by Gasteiger charge is -2.24. The van der Waals surface area contributed by atoms with Gasteiger partial charge in [0.2, 0.25) is 0 Å². The maximum absolute atomic E-state index is 10.3. The maximum atomic E-state index is 10.3. The Labute approximate surface area is 111 Å². The van der Waals surface area contributed by atoms with Gasteiger partial charge in [-0.2, -0.15) is 0 Å². The molecule has 0 bridgehead atoms. The molecule has 1 atom stereocenters. The molecule has 0 saturated heterocycles. The van der Waals surface area contributed by atoms with Crippen LogP contribution in [0, 0.1) is 0 Å². The van der Waals surface area contributed by atoms with Crippen LogP contribution in [0.1, 0.15) is 52.4 Å². The third-order valence-electron chi connectivity index (χ3n) is 3.27. The largest absolute Gasteiger partial charge is 0.388 e. The average Bonchev–Trinajstić information content (AvgIpc) is 2.38. The van der Waals surface area contributed by atoms with E-state index in [0.717, 1.165) is 18.5 Å². The van der Waals surface area contributed by atoms with Crippen LogP contribution < -0.4 is 5.32 Å². The van der Waals surface area contributed by atoms with E-state index in [-0.39, 0.29) is 0 Å². The van der Waals surface area contributed by atoms with Crippen molar-refractivity contribution in [1.29, 1.82) is 0 Å². The topological polar surface area (TPSA) is 32.3 Å². The fraction of sp³-hybridized carbons (Fsp3) is 0.625. The summed E-state index contributed by atoms with van der Waals surface area (Å²) in [5, 5.41) is 13.6. The highest BCUT2D eigenvalue weighted by Gasteiger charge is 2.19. The zero-order valence-electron chi connectivity index (χ0n) is 11.8. The molecule has 102 valence electrons. The molecule has 2 nitrogen and oxygen atoms in total. The average molecular weight is 249 g/mol. The number of nitrogens with one attached hydrogen (secondary N) is 1. The molecule has 0 fully saturated rings. The summed E-state index contributed by atoms with van der Waals surface area (Å²) in [7, 11) is 0. The zero-order chi connectivity index (χ0) is 13.3. The molecular weight excluding hydrogens is 222 g/mol. The molecule has 1 unspecified atom stereocenters. The predicted octanol–water partition coefficient (Wildman–Crippen LogP) is 4.21. The van der Waals surface area contributed by atoms with Crippen LogP contribution in [0.5, 0.6) is 0 Å². The molecule has 2 N–H and O–H groups in total. The summed E-state index contributed by atoms with van der Waals surface area (Å²) in [5.41, 5.74) is 0.464. The summed E-state index contributed by atoms with van der Waals surface area (Å²) >= 11 is 0. The SMILES string of the molecule is CCCCCCCC(C)(O)CNc1ccccc1. The zero-order valence-corrected chi connectivity index (χ0v) is 11.8. The van der Waals surface area contributed by atoms with Gasteiger partial charge in [0.15, 0.2) is 0 Å². The summed E-state index contributed by atoms with van der Waals surface area (Å²) in [5.74, 6) is 0. The van der Waals surface area contributed by atoms with Crippen LogP contribution in [0.3, 0.4) is 0 Å². The molecule has 0 saturated carbocycles. The molecule has 0 aliphatic heterocycles. The number of hydrogen-bond donors (Lipinski definition) is 2. The minimum Gasteiger partial charge on any atom is -0.388 e. The smallest absolute Gasteiger partial charge is 0.0791 e. The normalized spacial score (nSPS) is 14.2. The predicted molar refractivity (Wildman–Crippen MR) is 78.9 cm³/mol. The summed E-state index contributed by atoms with van der Waals surface area (Å²) in [6.45, 7) is 4.76. The van der Waals surface area contributed by atoms with Crippen molar-refractivity contribution >= 4 is 5.69 Å². The van der Waals surface area contributed by atoms with E-state index < -0.39 is 5.60 Å². The first-order valence-corrected chi connectivity index (χ1v) is 7.15. The van der Waals surface area contributed by atoms with Crippen molar-refractivity contribution in [1.82, 2.24) is 0 Å². The Morgan fingerprint density at radius 3 is 2.39 bits per heavy atom. The molecule has 0 aliphatic carbocycles. The van der Waals surface area contributed by atoms with Crippen LogP contribution in [-0.4, -0.2) is 17.3 Å². The molecule has 2 heteroatoms. The van der Waals surface area contributed by atoms with Crippen molar-refractivity contribution in [3.05, 3.63) is 30.3 Å². The third kappa shape index (κ3) is 6.65. The number of para-hydroxylation sites is 1. The van der Waals surface area contributed by atoms with Gasteiger partial charge in [-0.15, -0.1) is 0 Å². The monoisotopic (exact) mass is 249 g/mol. The first-order chi connectivity index (χ1) is 8.64. The van der Waals surface area contributed by atoms with Crippen LogP contribution in [0.2, 0.25) is 0 Å². The van der Waals surface area contributed by atoms with Gasteiger partial charge in [-0.25, -0.2) is 0 Å². The van der Waals surface area contributed by atoms with E-state index in [1.165, 1.54) is 25.7 Å². The van der Waals surface area contributed by atoms with E-state index in [9.17, 15) is 5.11 Å². The van der Waals surface area contributed by atoms with Gasteiger partial charge in [0, 0.05) is 12.2 Å². The van der Waals surface area contributed by atoms with E-state index in [1.807, 2.05) is 37.3 Å². The highest BCUT2D eigenvalue weighted by Crippen LogP contribution is 2.17. The summed E-state index contributed by atoms with van der Waals surface area (Å²) in [6.07, 6.45) is 7.09. The van der Waals surface area contributed by atoms with Gasteiger partial charge in [-0.05, 0) is 25.5 Å². The molecule has 18 heavy (non-hydrogen) atoms. The van der Waals surface area contributed by atoms with E-state index in [0.29, 0.717) is 6.54 Å². The lowest BCUT2D eigenvalue weighted by atomic mass is 9.97. The third-order valence-corrected chi connectivity index (χ3v) is 3.27. The van der Waals surface area contributed by atoms with Crippen LogP contribution >= 0.6 is 0 Å². The summed E-state index contributed by atoms with van der Waals surface area (Å²) < 4.78 is 0. The fourth-order valence-corrected chi connectivity index (χ4v) is 2.05. The molecule has 0 amide bonds. The van der Waals surface area contributed by atoms with Crippen LogP contribution in [0.15, 0.2) is 30.3 Å². The number of aliphatic hydroxyl groups is 1. The molecule has 0 radical (unpaired) electrons. The second kappa shape index (κ2) is 8.15. The number of rotatable bonds is 9. The number of hydrogen-bond acceptors (Lipinski definition) is 2. The summed E-state index contributed by atoms with van der Waals surface area (Å²) in [4.78, 5) is 0. The first-order valence-electron chi connectivity index (χ1n) is 7.15. The first kappa shape index (κ1) is 15.0. The minimum absolute atomic E-state index is 0.609. The molecule has 1 rings (SSSR count). The Morgan fingerprint density at radius 1 is 1.06 bits per heavy atom. The Hall–Kier alpha value is -1.02. The molecular formula is C16H27NO. The van der Waals surface area contributed by atoms with Gasteiger partial charge in [0.1, 0.15) is 0 Å². The van der Waals surface area contributed by atoms with Crippen molar-refractivity contribution in [3.63, 3.8) is 0 Å². The lowest BCUT2D eigenvalue weighted by Crippen LogP contribution is -2.33. The minimum atomic E-state index is -0.609. The molecule has 1 aromatic rings. The summed E-state index contributed by atoms with van der Waals surface area (Å²) in [6, 6.07) is 10.1. The van der Waals surface area contributed by atoms with E-state index in [4.69, 9.17) is 0 Å². The van der Waals surface area contributed by atoms with Gasteiger partial charge in [0.05, 0.1) is 5.60 Å². The van der Waals surface area contributed by atoms with Crippen LogP contribution in [-0.2, 0) is 0 Å². The highest BCUT2D eigenvalue weighted by molar-refractivity contribution is 5.42. The lowest BCUT2D eigenvalue weighted by molar-refractivity contribution is 0.0615. The van der Waals surface area contributed by atoms with E-state index >= 15 is 0 Å². The van der Waals surface area contributed by atoms with Gasteiger partial charge in [0.25, 0.3) is 0 Å². The fourth-order valence-electron chi connectivity index (χ4n) is 2.05. The number of anilines is 1. The van der Waals surface area contributed by atoms with Gasteiger partial charge in [-0.3, -0.25) is 0 Å². The maximum Gasteiger partial charge on any atom is 0.0791 e. The van der Waals surface area contributed by atoms with Crippen LogP contribution in [0.25, 0.3) is 0 Å². The van der Waals surface area contributed by atoms with Crippen LogP contribution in [0.4, 0.5) is 5.69 Å². The highest BCUT2D eigenvalue weighted by atomic mass is 16.3. The van der Waals surface area contributed by atoms with Crippen molar-refractivity contribution in [2.24, 2.45) is 0 Å². The van der Waals surface area contributed by atoms with Crippen molar-refractivity contribution in [2.75, 3.05) is 11.9 Å². The van der Waals surface area contributed by atoms with E-state index in [2.05, 4.69) is 12.2 Å². The number of unbranched alkanes of at least 4 members (excludes halogenated alkanes) is 4. The number of benzene rings is 1. The molecule has 0 spiro atoms. The molecule has 0 heterocycles. The van der Waals surface area contributed by atoms with Gasteiger partial charge < -0.3 is 10.4 Å². The standard InChI is InChI=1S/C16H27NO/c1-3-4-5-6-10-13-16(2,18)14-17-15-11-8-7-9-12-15/h7-9,11-12,17-18H,3-6,10,13-14H2,1-2H3. The second-order valence-electron chi connectivity index (χ2n) is 5.38. The van der Waals surface area contributed by atoms with Crippen molar-refractivity contribution in [2.45, 2.75) is 58.0 Å². The van der Waals surface area contributed by atoms with Gasteiger partial charge in [-0.1, -0.05) is 57.2 Å². The van der Waals surface area contributed by atoms with Gasteiger partial charge >= 0.3 is 0 Å². The quantitative estimate of drug-likeness (QED) is 0.643. The second-order valence-corrected chi connectivity index (χ2v) is 5.38. The Bertz CT molecular complexity index is 308. The van der Waals surface area contributed by atoms with Crippen molar-refractivity contribution in [3.8, 4) is 0 Å². The van der Waals surface area contributed by atoms with Crippen molar-refractivity contribution < 1.29 is 5.11 Å².